The number of unbranched alkanes of at least 4 members (excludes halogenated alkanes) is 18. The van der Waals surface area contributed by atoms with E-state index in [1.807, 2.05) is 18.7 Å². The highest BCUT2D eigenvalue weighted by atomic mass is 16.7. The molecule has 0 spiro atoms. The van der Waals surface area contributed by atoms with Crippen LogP contribution < -0.4 is 5.32 Å². The minimum absolute atomic E-state index is 0.143. The predicted molar refractivity (Wildman–Crippen MR) is 207 cm³/mol. The lowest BCUT2D eigenvalue weighted by Gasteiger charge is -2.26. The van der Waals surface area contributed by atoms with Gasteiger partial charge in [-0.15, -0.1) is 0 Å². The third-order valence-electron chi connectivity index (χ3n) is 9.74. The van der Waals surface area contributed by atoms with Crippen molar-refractivity contribution in [3.8, 4) is 0 Å². The topological polar surface area (TPSA) is 89.6 Å². The number of nitrogens with zero attached hydrogens (tertiary/aromatic N) is 2. The monoisotopic (exact) mass is 712 g/mol. The Balaban J connectivity index is 2.26. The first-order valence-corrected chi connectivity index (χ1v) is 21.2. The zero-order chi connectivity index (χ0) is 36.4. The first-order valence-electron chi connectivity index (χ1n) is 21.2. The van der Waals surface area contributed by atoms with Crippen molar-refractivity contribution in [2.24, 2.45) is 0 Å². The number of carbonyl (C=O) groups is 2. The van der Waals surface area contributed by atoms with Crippen molar-refractivity contribution >= 4 is 12.2 Å². The molecule has 0 unspecified atom stereocenters. The summed E-state index contributed by atoms with van der Waals surface area (Å²) in [5.74, 6) is -0.884. The molecule has 1 heterocycles. The Bertz CT molecular complexity index is 751. The maximum atomic E-state index is 13.1. The van der Waals surface area contributed by atoms with E-state index in [9.17, 15) is 9.59 Å². The van der Waals surface area contributed by atoms with Crippen LogP contribution in [0, 0.1) is 0 Å². The quantitative estimate of drug-likeness (QED) is 0.0535. The Labute approximate surface area is 308 Å². The second kappa shape index (κ2) is 33.3. The van der Waals surface area contributed by atoms with Gasteiger partial charge in [0.25, 0.3) is 0 Å². The molecule has 1 fully saturated rings. The number of rotatable bonds is 33. The normalized spacial score (nSPS) is 14.0. The Hall–Kier alpha value is -1.58. The molecule has 1 N–H and O–H groups in total. The SMILES string of the molecule is CCCCCCCCCCCCN(CCCCCCCCCCCC)C(=O)OCCOC(C)(C)OCCOC(=O)NCCN1CCCCCC1. The third kappa shape index (κ3) is 29.0. The number of carbonyl (C=O) groups excluding carboxylic acids is 2. The van der Waals surface area contributed by atoms with E-state index in [0.29, 0.717) is 6.54 Å². The van der Waals surface area contributed by atoms with E-state index in [1.165, 1.54) is 128 Å². The average molecular weight is 712 g/mol. The van der Waals surface area contributed by atoms with Crippen LogP contribution in [0.5, 0.6) is 0 Å². The molecule has 2 amide bonds. The molecule has 1 saturated heterocycles. The molecule has 1 aliphatic rings. The summed E-state index contributed by atoms with van der Waals surface area (Å²) in [5.41, 5.74) is 0. The second-order valence-electron chi connectivity index (χ2n) is 14.9. The van der Waals surface area contributed by atoms with Crippen LogP contribution in [-0.4, -0.2) is 93.5 Å². The van der Waals surface area contributed by atoms with Crippen molar-refractivity contribution in [1.82, 2.24) is 15.1 Å². The summed E-state index contributed by atoms with van der Waals surface area (Å²) in [7, 11) is 0. The van der Waals surface area contributed by atoms with Crippen LogP contribution in [0.25, 0.3) is 0 Å². The molecule has 0 atom stereocenters. The van der Waals surface area contributed by atoms with E-state index in [4.69, 9.17) is 18.9 Å². The lowest BCUT2D eigenvalue weighted by atomic mass is 10.1. The van der Waals surface area contributed by atoms with Crippen molar-refractivity contribution in [2.45, 2.75) is 188 Å². The smallest absolute Gasteiger partial charge is 0.409 e. The van der Waals surface area contributed by atoms with Crippen LogP contribution in [0.2, 0.25) is 0 Å². The van der Waals surface area contributed by atoms with Gasteiger partial charge in [-0.3, -0.25) is 0 Å². The van der Waals surface area contributed by atoms with Gasteiger partial charge >= 0.3 is 12.2 Å². The first kappa shape index (κ1) is 46.4. The minimum Gasteiger partial charge on any atom is -0.447 e. The van der Waals surface area contributed by atoms with Gasteiger partial charge in [0.15, 0.2) is 5.79 Å². The van der Waals surface area contributed by atoms with Crippen molar-refractivity contribution < 1.29 is 28.5 Å². The molecule has 0 bridgehead atoms. The van der Waals surface area contributed by atoms with Gasteiger partial charge in [-0.1, -0.05) is 142 Å². The van der Waals surface area contributed by atoms with Gasteiger partial charge in [-0.2, -0.15) is 0 Å². The van der Waals surface area contributed by atoms with Gasteiger partial charge in [0.05, 0.1) is 13.2 Å². The van der Waals surface area contributed by atoms with Crippen LogP contribution in [0.4, 0.5) is 9.59 Å². The molecule has 1 rings (SSSR count). The molecule has 0 aromatic heterocycles. The number of hydrogen-bond donors (Lipinski definition) is 1. The maximum absolute atomic E-state index is 13.1. The summed E-state index contributed by atoms with van der Waals surface area (Å²) in [6.45, 7) is 14.1. The zero-order valence-corrected chi connectivity index (χ0v) is 33.4. The molecule has 9 heteroatoms. The molecule has 1 aliphatic heterocycles. The fourth-order valence-corrected chi connectivity index (χ4v) is 6.57. The van der Waals surface area contributed by atoms with Gasteiger partial charge in [0.2, 0.25) is 0 Å². The molecule has 296 valence electrons. The number of likely N-dealkylation sites (tertiary alicyclic amines) is 1. The van der Waals surface area contributed by atoms with Gasteiger partial charge in [0.1, 0.15) is 13.2 Å². The fourth-order valence-electron chi connectivity index (χ4n) is 6.57. The molecular weight excluding hydrogens is 630 g/mol. The summed E-state index contributed by atoms with van der Waals surface area (Å²) in [4.78, 5) is 29.4. The van der Waals surface area contributed by atoms with E-state index >= 15 is 0 Å². The largest absolute Gasteiger partial charge is 0.447 e. The van der Waals surface area contributed by atoms with Gasteiger partial charge in [-0.05, 0) is 52.6 Å². The lowest BCUT2D eigenvalue weighted by molar-refractivity contribution is -0.220. The molecule has 0 radical (unpaired) electrons. The third-order valence-corrected chi connectivity index (χ3v) is 9.74. The van der Waals surface area contributed by atoms with Crippen molar-refractivity contribution in [3.63, 3.8) is 0 Å². The summed E-state index contributed by atoms with van der Waals surface area (Å²) in [6, 6.07) is 0. The summed E-state index contributed by atoms with van der Waals surface area (Å²) < 4.78 is 22.6. The van der Waals surface area contributed by atoms with Crippen LogP contribution in [0.1, 0.15) is 182 Å². The Morgan fingerprint density at radius 1 is 0.580 bits per heavy atom. The van der Waals surface area contributed by atoms with E-state index in [-0.39, 0.29) is 32.5 Å². The second-order valence-corrected chi connectivity index (χ2v) is 14.9. The lowest BCUT2D eigenvalue weighted by Crippen LogP contribution is -2.37. The Morgan fingerprint density at radius 3 is 1.46 bits per heavy atom. The molecule has 50 heavy (non-hydrogen) atoms. The van der Waals surface area contributed by atoms with Crippen LogP contribution in [0.3, 0.4) is 0 Å². The van der Waals surface area contributed by atoms with E-state index in [2.05, 4.69) is 24.1 Å². The number of amides is 2. The van der Waals surface area contributed by atoms with E-state index < -0.39 is 11.9 Å². The Kier molecular flexibility index (Phi) is 30.9. The number of ether oxygens (including phenoxy) is 4. The van der Waals surface area contributed by atoms with Crippen molar-refractivity contribution in [3.05, 3.63) is 0 Å². The van der Waals surface area contributed by atoms with Crippen molar-refractivity contribution in [2.75, 3.05) is 65.7 Å². The molecule has 0 aromatic carbocycles. The molecule has 9 nitrogen and oxygen atoms in total. The first-order chi connectivity index (χ1) is 24.4. The van der Waals surface area contributed by atoms with E-state index in [0.717, 1.165) is 58.4 Å². The summed E-state index contributed by atoms with van der Waals surface area (Å²) >= 11 is 0. The molecular formula is C41H81N3O6. The maximum Gasteiger partial charge on any atom is 0.409 e. The molecule has 0 saturated carbocycles. The molecule has 0 aliphatic carbocycles. The van der Waals surface area contributed by atoms with Crippen LogP contribution >= 0.6 is 0 Å². The predicted octanol–water partition coefficient (Wildman–Crippen LogP) is 10.6. The van der Waals surface area contributed by atoms with E-state index in [1.54, 1.807) is 0 Å². The average Bonchev–Trinajstić information content (AvgIpc) is 3.38. The summed E-state index contributed by atoms with van der Waals surface area (Å²) in [5, 5.41) is 2.83. The standard InChI is InChI=1S/C41H81N3O6/c1-5-7-9-11-13-15-17-19-21-27-32-44(33-28-22-20-18-16-14-12-10-8-6-2)40(46)48-36-38-50-41(3,4)49-37-35-47-39(45)42-29-34-43-30-25-23-24-26-31-43/h5-38H2,1-4H3,(H,42,45). The number of nitrogens with one attached hydrogen (secondary N) is 1. The van der Waals surface area contributed by atoms with Crippen LogP contribution in [-0.2, 0) is 18.9 Å². The highest BCUT2D eigenvalue weighted by molar-refractivity contribution is 5.67. The molecule has 0 aromatic rings. The highest BCUT2D eigenvalue weighted by Gasteiger charge is 2.20. The van der Waals surface area contributed by atoms with Gasteiger partial charge < -0.3 is 34.1 Å². The van der Waals surface area contributed by atoms with Crippen LogP contribution in [0.15, 0.2) is 0 Å². The zero-order valence-electron chi connectivity index (χ0n) is 33.4. The van der Waals surface area contributed by atoms with Gasteiger partial charge in [-0.25, -0.2) is 9.59 Å². The fraction of sp³-hybridized carbons (Fsp3) is 0.951. The minimum atomic E-state index is -0.884. The van der Waals surface area contributed by atoms with Crippen molar-refractivity contribution in [1.29, 1.82) is 0 Å². The number of alkyl carbamates (subject to hydrolysis) is 1. The van der Waals surface area contributed by atoms with Gasteiger partial charge in [0, 0.05) is 26.2 Å². The Morgan fingerprint density at radius 2 is 1.00 bits per heavy atom. The summed E-state index contributed by atoms with van der Waals surface area (Å²) in [6.07, 6.45) is 30.0. The highest BCUT2D eigenvalue weighted by Crippen LogP contribution is 2.15. The number of hydrogen-bond acceptors (Lipinski definition) is 7.